The lowest BCUT2D eigenvalue weighted by Gasteiger charge is -2.15. The number of rotatable bonds is 6. The Kier molecular flexibility index (Phi) is 12.1. The van der Waals surface area contributed by atoms with Gasteiger partial charge in [0.25, 0.3) is 11.8 Å². The van der Waals surface area contributed by atoms with Crippen molar-refractivity contribution in [3.05, 3.63) is 215 Å². The van der Waals surface area contributed by atoms with Crippen molar-refractivity contribution in [2.75, 3.05) is 0 Å². The summed E-state index contributed by atoms with van der Waals surface area (Å²) in [5.41, 5.74) is 16.7. The smallest absolute Gasteiger partial charge is 0.259 e. The van der Waals surface area contributed by atoms with Crippen molar-refractivity contribution in [1.29, 1.82) is 0 Å². The van der Waals surface area contributed by atoms with Gasteiger partial charge in [0.2, 0.25) is 23.6 Å². The number of hydrogen-bond donors (Lipinski definition) is 6. The van der Waals surface area contributed by atoms with Crippen LogP contribution in [0.1, 0.15) is 100 Å². The fourth-order valence-corrected chi connectivity index (χ4v) is 14.9. The van der Waals surface area contributed by atoms with Crippen molar-refractivity contribution in [2.45, 2.75) is 89.3 Å². The van der Waals surface area contributed by atoms with Crippen molar-refractivity contribution in [3.8, 4) is 0 Å². The standard InChI is InChI=1S/2C23H19N3O2.C23H17N3O2.CH4/c3*27-22-19(16-11-24-18-9-2-1-7-14(16)18)20(23(28)25-22)17-12-26-10-4-6-13-5-3-8-15(17)21(13)26;/h2*1-3,5,7-9,11-12,19-20,24H,4,6,10H2,(H,25,27,28);1-3,5,7-9,11-12,24H,4,6,10H2,(H,25,27,28);1H4/t2*19-,20-;;/m10../s1. The molecule has 12 aromatic rings. The first-order chi connectivity index (χ1) is 41.2. The summed E-state index contributed by atoms with van der Waals surface area (Å²) in [7, 11) is 0. The maximum absolute atomic E-state index is 12.9. The minimum atomic E-state index is -0.521. The van der Waals surface area contributed by atoms with Crippen LogP contribution in [0.3, 0.4) is 0 Å². The number of aryl methyl sites for hydroxylation is 6. The zero-order valence-electron chi connectivity index (χ0n) is 45.6. The number of carbonyl (C=O) groups is 6. The third kappa shape index (κ3) is 8.00. The van der Waals surface area contributed by atoms with Crippen LogP contribution in [-0.2, 0) is 67.7 Å². The van der Waals surface area contributed by atoms with Crippen LogP contribution in [0, 0.1) is 0 Å². The second-order valence-electron chi connectivity index (χ2n) is 23.0. The largest absolute Gasteiger partial charge is 0.361 e. The monoisotopic (exact) mass is 1120 g/mol. The van der Waals surface area contributed by atoms with Gasteiger partial charge in [0.05, 0.1) is 51.4 Å². The Morgan fingerprint density at radius 3 is 1.19 bits per heavy atom. The predicted octanol–water partition coefficient (Wildman–Crippen LogP) is 11.5. The highest BCUT2D eigenvalue weighted by atomic mass is 16.2. The maximum Gasteiger partial charge on any atom is 0.259 e. The molecule has 6 aliphatic heterocycles. The highest BCUT2D eigenvalue weighted by Gasteiger charge is 2.47. The average molecular weight is 1120 g/mol. The molecule has 6 N–H and O–H groups in total. The van der Waals surface area contributed by atoms with Crippen LogP contribution in [0.15, 0.2) is 165 Å². The van der Waals surface area contributed by atoms with Gasteiger partial charge in [0, 0.05) is 117 Å². The quantitative estimate of drug-likeness (QED) is 0.0895. The molecule has 2 fully saturated rings. The molecule has 0 saturated carbocycles. The molecule has 15 nitrogen and oxygen atoms in total. The number of benzene rings is 6. The molecule has 15 heteroatoms. The van der Waals surface area contributed by atoms with Gasteiger partial charge < -0.3 is 28.7 Å². The van der Waals surface area contributed by atoms with Crippen molar-refractivity contribution in [3.63, 3.8) is 0 Å². The Bertz CT molecular complexity index is 4680. The average Bonchev–Trinajstić information content (AvgIpc) is 1.73. The van der Waals surface area contributed by atoms with E-state index in [-0.39, 0.29) is 42.9 Å². The summed E-state index contributed by atoms with van der Waals surface area (Å²) < 4.78 is 6.73. The molecule has 0 aliphatic carbocycles. The van der Waals surface area contributed by atoms with E-state index in [0.717, 1.165) is 140 Å². The number of H-pyrrole nitrogens is 3. The Morgan fingerprint density at radius 1 is 0.341 bits per heavy atom. The minimum absolute atomic E-state index is 0. The number of fused-ring (bicyclic) bond motifs is 3. The molecule has 18 rings (SSSR count). The van der Waals surface area contributed by atoms with Crippen molar-refractivity contribution in [2.24, 2.45) is 0 Å². The molecular weight excluding hydrogens is 1060 g/mol. The van der Waals surface area contributed by atoms with E-state index < -0.39 is 23.7 Å². The number of hydrogen-bond acceptors (Lipinski definition) is 6. The molecule has 6 aromatic carbocycles. The molecular formula is C70H59N9O6. The normalized spacial score (nSPS) is 19.6. The zero-order valence-corrected chi connectivity index (χ0v) is 45.6. The first kappa shape index (κ1) is 51.6. The minimum Gasteiger partial charge on any atom is -0.361 e. The fraction of sp³-hybridized carbons (Fsp3) is 0.200. The lowest BCUT2D eigenvalue weighted by molar-refractivity contribution is -0.127. The van der Waals surface area contributed by atoms with Gasteiger partial charge in [-0.25, -0.2) is 0 Å². The summed E-state index contributed by atoms with van der Waals surface area (Å²) in [6.45, 7) is 2.83. The molecule has 6 aromatic heterocycles. The van der Waals surface area contributed by atoms with E-state index in [2.05, 4.69) is 99.5 Å². The van der Waals surface area contributed by atoms with Crippen LogP contribution in [0.25, 0.3) is 76.6 Å². The number of aromatic amines is 3. The van der Waals surface area contributed by atoms with Crippen LogP contribution < -0.4 is 16.0 Å². The van der Waals surface area contributed by atoms with E-state index >= 15 is 0 Å². The third-order valence-corrected chi connectivity index (χ3v) is 18.5. The number of carbonyl (C=O) groups excluding carboxylic acids is 6. The number of para-hydroxylation sites is 6. The van der Waals surface area contributed by atoms with Gasteiger partial charge in [-0.1, -0.05) is 117 Å². The second kappa shape index (κ2) is 20.0. The Morgan fingerprint density at radius 2 is 0.706 bits per heavy atom. The molecule has 85 heavy (non-hydrogen) atoms. The predicted molar refractivity (Wildman–Crippen MR) is 330 cm³/mol. The highest BCUT2D eigenvalue weighted by Crippen LogP contribution is 2.47. The lowest BCUT2D eigenvalue weighted by atomic mass is 9.83. The topological polar surface area (TPSA) is 201 Å². The van der Waals surface area contributed by atoms with Crippen LogP contribution in [0.4, 0.5) is 0 Å². The van der Waals surface area contributed by atoms with Crippen molar-refractivity contribution >= 4 is 112 Å². The molecule has 2 saturated heterocycles. The van der Waals surface area contributed by atoms with Crippen LogP contribution in [-0.4, -0.2) is 64.1 Å². The highest BCUT2D eigenvalue weighted by molar-refractivity contribution is 6.51. The summed E-state index contributed by atoms with van der Waals surface area (Å²) in [6, 6.07) is 42.5. The molecule has 6 aliphatic rings. The summed E-state index contributed by atoms with van der Waals surface area (Å²) in [4.78, 5) is 86.9. The van der Waals surface area contributed by atoms with Crippen molar-refractivity contribution < 1.29 is 28.8 Å². The molecule has 12 heterocycles. The number of nitrogens with zero attached hydrogens (tertiary/aromatic N) is 3. The summed E-state index contributed by atoms with van der Waals surface area (Å²) in [6.07, 6.45) is 18.2. The van der Waals surface area contributed by atoms with Crippen molar-refractivity contribution in [1.82, 2.24) is 44.6 Å². The Hall–Kier alpha value is -10.3. The SMILES string of the molecule is C.O=C1NC(=O)C(c2cn3c4c(cccc24)CCC3)=C1c1c[nH]c2ccccc12.O=C1NC(=O)[C@@H](c2cn3c4c(cccc24)CCC3)[C@@H]1c1c[nH]c2ccccc12.O=C1NC(=O)[C@H](c2cn3c4c(cccc24)CCC3)[C@H]1c1c[nH]c2ccccc12. The Labute approximate surface area is 487 Å². The first-order valence-corrected chi connectivity index (χ1v) is 29.0. The first-order valence-electron chi connectivity index (χ1n) is 29.0. The number of nitrogens with one attached hydrogen (secondary N) is 6. The third-order valence-electron chi connectivity index (χ3n) is 18.5. The molecule has 0 bridgehead atoms. The van der Waals surface area contributed by atoms with Crippen LogP contribution in [0.2, 0.25) is 0 Å². The molecule has 0 radical (unpaired) electrons. The van der Waals surface area contributed by atoms with E-state index in [0.29, 0.717) is 11.1 Å². The Balaban J connectivity index is 0.000000107. The van der Waals surface area contributed by atoms with Gasteiger partial charge in [-0.3, -0.25) is 44.7 Å². The molecule has 0 spiro atoms. The van der Waals surface area contributed by atoms with Gasteiger partial charge in [-0.15, -0.1) is 0 Å². The van der Waals surface area contributed by atoms with Gasteiger partial charge >= 0.3 is 0 Å². The van der Waals surface area contributed by atoms with Gasteiger partial charge in [0.15, 0.2) is 0 Å². The zero-order chi connectivity index (χ0) is 56.5. The summed E-state index contributed by atoms with van der Waals surface area (Å²) >= 11 is 0. The summed E-state index contributed by atoms with van der Waals surface area (Å²) in [5, 5.41) is 13.9. The molecule has 4 atom stereocenters. The van der Waals surface area contributed by atoms with Gasteiger partial charge in [-0.05, 0) is 95.7 Å². The van der Waals surface area contributed by atoms with Crippen LogP contribution >= 0.6 is 0 Å². The second-order valence-corrected chi connectivity index (χ2v) is 23.0. The molecule has 420 valence electrons. The van der Waals surface area contributed by atoms with E-state index in [4.69, 9.17) is 0 Å². The van der Waals surface area contributed by atoms with Crippen LogP contribution in [0.5, 0.6) is 0 Å². The van der Waals surface area contributed by atoms with E-state index in [1.54, 1.807) is 0 Å². The number of imide groups is 3. The van der Waals surface area contributed by atoms with Gasteiger partial charge in [0.1, 0.15) is 0 Å². The number of aromatic nitrogens is 6. The molecule has 0 unspecified atom stereocenters. The fourth-order valence-electron chi connectivity index (χ4n) is 14.9. The maximum atomic E-state index is 12.9. The van der Waals surface area contributed by atoms with E-state index in [1.807, 2.05) is 110 Å². The lowest BCUT2D eigenvalue weighted by Crippen LogP contribution is -2.22. The summed E-state index contributed by atoms with van der Waals surface area (Å²) in [5.74, 6) is -3.57. The van der Waals surface area contributed by atoms with E-state index in [9.17, 15) is 28.8 Å². The van der Waals surface area contributed by atoms with Gasteiger partial charge in [-0.2, -0.15) is 0 Å². The molecule has 6 amide bonds. The number of amides is 6. The van der Waals surface area contributed by atoms with E-state index in [1.165, 1.54) is 33.2 Å².